The molecule has 0 saturated carbocycles. The zero-order valence-electron chi connectivity index (χ0n) is 16.7. The first-order valence-corrected chi connectivity index (χ1v) is 8.92. The van der Waals surface area contributed by atoms with Crippen molar-refractivity contribution in [3.63, 3.8) is 0 Å². The van der Waals surface area contributed by atoms with Crippen LogP contribution in [0.3, 0.4) is 0 Å². The van der Waals surface area contributed by atoms with Gasteiger partial charge in [0, 0.05) is 30.9 Å². The molecule has 1 unspecified atom stereocenters. The molecule has 0 bridgehead atoms. The second-order valence-corrected chi connectivity index (χ2v) is 6.62. The van der Waals surface area contributed by atoms with Crippen LogP contribution >= 0.6 is 12.4 Å². The highest BCUT2D eigenvalue weighted by Gasteiger charge is 2.19. The van der Waals surface area contributed by atoms with E-state index in [1.165, 1.54) is 4.90 Å². The Morgan fingerprint density at radius 1 is 1.18 bits per heavy atom. The van der Waals surface area contributed by atoms with Crippen molar-refractivity contribution in [2.75, 3.05) is 26.4 Å². The predicted octanol–water partition coefficient (Wildman–Crippen LogP) is 3.35. The number of nitrogens with zero attached hydrogens (tertiary/aromatic N) is 1. The minimum atomic E-state index is -0.246. The van der Waals surface area contributed by atoms with E-state index >= 15 is 0 Å². The van der Waals surface area contributed by atoms with Gasteiger partial charge in [0.25, 0.3) is 11.8 Å². The molecule has 2 aromatic rings. The lowest BCUT2D eigenvalue weighted by Gasteiger charge is -2.21. The second-order valence-electron chi connectivity index (χ2n) is 6.62. The smallest absolute Gasteiger partial charge is 0.259 e. The summed E-state index contributed by atoms with van der Waals surface area (Å²) in [6.45, 7) is 3.81. The zero-order chi connectivity index (χ0) is 20.0. The first kappa shape index (κ1) is 23.3. The van der Waals surface area contributed by atoms with E-state index in [9.17, 15) is 9.59 Å². The number of nitrogens with two attached hydrogens (primary N) is 1. The van der Waals surface area contributed by atoms with Gasteiger partial charge in [-0.15, -0.1) is 12.4 Å². The Morgan fingerprint density at radius 2 is 1.86 bits per heavy atom. The van der Waals surface area contributed by atoms with E-state index in [1.54, 1.807) is 32.3 Å². The van der Waals surface area contributed by atoms with Gasteiger partial charge in [0.1, 0.15) is 5.75 Å². The van der Waals surface area contributed by atoms with Crippen molar-refractivity contribution in [1.82, 2.24) is 10.2 Å². The van der Waals surface area contributed by atoms with Crippen LogP contribution in [-0.4, -0.2) is 37.4 Å². The summed E-state index contributed by atoms with van der Waals surface area (Å²) < 4.78 is 5.71. The van der Waals surface area contributed by atoms with E-state index in [0.717, 1.165) is 11.1 Å². The number of benzene rings is 2. The van der Waals surface area contributed by atoms with Crippen molar-refractivity contribution in [3.05, 3.63) is 59.2 Å². The third-order valence-corrected chi connectivity index (χ3v) is 4.36. The van der Waals surface area contributed by atoms with Gasteiger partial charge in [0.2, 0.25) is 0 Å². The number of para-hydroxylation sites is 1. The third kappa shape index (κ3) is 5.89. The maximum absolute atomic E-state index is 12.8. The van der Waals surface area contributed by atoms with Crippen molar-refractivity contribution >= 4 is 29.9 Å². The number of nitrogen functional groups attached to an aromatic ring is 1. The standard InChI is InChI=1S/C21H27N3O3.ClH/c1-5-18(23-21(26)17-12-15(22)11-10-14(17)2)16-8-6-7-9-19(16)27-13-20(25)24(3)4;/h6-12,18H,5,13,22H2,1-4H3,(H,23,26);1H. The molecule has 0 aliphatic heterocycles. The van der Waals surface area contributed by atoms with Crippen LogP contribution in [0.25, 0.3) is 0 Å². The van der Waals surface area contributed by atoms with Crippen LogP contribution in [0.4, 0.5) is 5.69 Å². The fraction of sp³-hybridized carbons (Fsp3) is 0.333. The van der Waals surface area contributed by atoms with Gasteiger partial charge < -0.3 is 20.7 Å². The summed E-state index contributed by atoms with van der Waals surface area (Å²) in [4.78, 5) is 26.1. The zero-order valence-corrected chi connectivity index (χ0v) is 17.5. The number of carbonyl (C=O) groups excluding carboxylic acids is 2. The molecule has 0 radical (unpaired) electrons. The molecular weight excluding hydrogens is 378 g/mol. The molecule has 28 heavy (non-hydrogen) atoms. The van der Waals surface area contributed by atoms with E-state index in [1.807, 2.05) is 38.1 Å². The van der Waals surface area contributed by atoms with Crippen LogP contribution in [0.1, 0.15) is 40.9 Å². The maximum atomic E-state index is 12.8. The predicted molar refractivity (Wildman–Crippen MR) is 114 cm³/mol. The summed E-state index contributed by atoms with van der Waals surface area (Å²) >= 11 is 0. The first-order chi connectivity index (χ1) is 12.8. The molecule has 0 aromatic heterocycles. The van der Waals surface area contributed by atoms with Gasteiger partial charge >= 0.3 is 0 Å². The number of ether oxygens (including phenoxy) is 1. The van der Waals surface area contributed by atoms with Gasteiger partial charge in [-0.25, -0.2) is 0 Å². The Morgan fingerprint density at radius 3 is 2.50 bits per heavy atom. The lowest BCUT2D eigenvalue weighted by molar-refractivity contribution is -0.130. The number of anilines is 1. The fourth-order valence-corrected chi connectivity index (χ4v) is 2.69. The average molecular weight is 406 g/mol. The Hall–Kier alpha value is -2.73. The second kappa shape index (κ2) is 10.6. The number of rotatable bonds is 7. The molecule has 2 amide bonds. The number of hydrogen-bond donors (Lipinski definition) is 2. The van der Waals surface area contributed by atoms with Gasteiger partial charge in [0.15, 0.2) is 6.61 Å². The molecular formula is C21H28ClN3O3. The summed E-state index contributed by atoms with van der Waals surface area (Å²) in [5.74, 6) is 0.271. The average Bonchev–Trinajstić information content (AvgIpc) is 2.66. The minimum absolute atomic E-state index is 0. The van der Waals surface area contributed by atoms with Gasteiger partial charge in [-0.2, -0.15) is 0 Å². The van der Waals surface area contributed by atoms with Crippen molar-refractivity contribution in [1.29, 1.82) is 0 Å². The van der Waals surface area contributed by atoms with Crippen LogP contribution < -0.4 is 15.8 Å². The monoisotopic (exact) mass is 405 g/mol. The Balaban J connectivity index is 0.00000392. The SMILES string of the molecule is CCC(NC(=O)c1cc(N)ccc1C)c1ccccc1OCC(=O)N(C)C.Cl. The molecule has 2 aromatic carbocycles. The van der Waals surface area contributed by atoms with Crippen LogP contribution in [0.15, 0.2) is 42.5 Å². The molecule has 0 saturated heterocycles. The van der Waals surface area contributed by atoms with E-state index in [4.69, 9.17) is 10.5 Å². The number of halogens is 1. The highest BCUT2D eigenvalue weighted by Crippen LogP contribution is 2.28. The van der Waals surface area contributed by atoms with Crippen LogP contribution in [0.5, 0.6) is 5.75 Å². The van der Waals surface area contributed by atoms with Gasteiger partial charge in [-0.3, -0.25) is 9.59 Å². The third-order valence-electron chi connectivity index (χ3n) is 4.36. The molecule has 7 heteroatoms. The number of hydrogen-bond acceptors (Lipinski definition) is 4. The number of nitrogens with one attached hydrogen (secondary N) is 1. The quantitative estimate of drug-likeness (QED) is 0.692. The molecule has 0 aliphatic rings. The van der Waals surface area contributed by atoms with Crippen LogP contribution in [0.2, 0.25) is 0 Å². The molecule has 0 spiro atoms. The summed E-state index contributed by atoms with van der Waals surface area (Å²) in [6, 6.07) is 12.5. The van der Waals surface area contributed by atoms with E-state index in [0.29, 0.717) is 23.4 Å². The number of carbonyl (C=O) groups is 2. The molecule has 152 valence electrons. The van der Waals surface area contributed by atoms with Crippen LogP contribution in [-0.2, 0) is 4.79 Å². The molecule has 2 rings (SSSR count). The van der Waals surface area contributed by atoms with Gasteiger partial charge in [0.05, 0.1) is 6.04 Å². The van der Waals surface area contributed by atoms with Crippen molar-refractivity contribution in [2.24, 2.45) is 0 Å². The highest BCUT2D eigenvalue weighted by atomic mass is 35.5. The minimum Gasteiger partial charge on any atom is -0.483 e. The Bertz CT molecular complexity index is 824. The lowest BCUT2D eigenvalue weighted by Crippen LogP contribution is -2.30. The maximum Gasteiger partial charge on any atom is 0.259 e. The van der Waals surface area contributed by atoms with E-state index < -0.39 is 0 Å². The van der Waals surface area contributed by atoms with Crippen LogP contribution in [0, 0.1) is 6.92 Å². The van der Waals surface area contributed by atoms with Gasteiger partial charge in [-0.1, -0.05) is 31.2 Å². The number of aryl methyl sites for hydroxylation is 1. The Kier molecular flexibility index (Phi) is 8.79. The highest BCUT2D eigenvalue weighted by molar-refractivity contribution is 5.96. The lowest BCUT2D eigenvalue weighted by atomic mass is 10.0. The summed E-state index contributed by atoms with van der Waals surface area (Å²) in [5.41, 5.74) is 8.61. The summed E-state index contributed by atoms with van der Waals surface area (Å²) in [7, 11) is 3.36. The number of likely N-dealkylation sites (N-methyl/N-ethyl adjacent to an activating group) is 1. The fourth-order valence-electron chi connectivity index (χ4n) is 2.69. The van der Waals surface area contributed by atoms with Crippen molar-refractivity contribution in [3.8, 4) is 5.75 Å². The molecule has 0 heterocycles. The summed E-state index contributed by atoms with van der Waals surface area (Å²) in [6.07, 6.45) is 0.676. The molecule has 3 N–H and O–H groups in total. The normalized spacial score (nSPS) is 11.1. The van der Waals surface area contributed by atoms with Crippen molar-refractivity contribution in [2.45, 2.75) is 26.3 Å². The first-order valence-electron chi connectivity index (χ1n) is 8.92. The topological polar surface area (TPSA) is 84.7 Å². The largest absolute Gasteiger partial charge is 0.483 e. The van der Waals surface area contributed by atoms with Gasteiger partial charge in [-0.05, 0) is 37.1 Å². The Labute approximate surface area is 172 Å². The number of amides is 2. The summed E-state index contributed by atoms with van der Waals surface area (Å²) in [5, 5.41) is 3.05. The molecule has 6 nitrogen and oxygen atoms in total. The molecule has 1 atom stereocenters. The molecule has 0 fully saturated rings. The van der Waals surface area contributed by atoms with E-state index in [-0.39, 0.29) is 36.9 Å². The molecule has 0 aliphatic carbocycles. The van der Waals surface area contributed by atoms with Crippen molar-refractivity contribution < 1.29 is 14.3 Å². The van der Waals surface area contributed by atoms with E-state index in [2.05, 4.69) is 5.32 Å².